The van der Waals surface area contributed by atoms with Crippen LogP contribution in [0.25, 0.3) is 6.08 Å². The van der Waals surface area contributed by atoms with Crippen molar-refractivity contribution < 1.29 is 19.2 Å². The molecule has 0 aromatic heterocycles. The fraction of sp³-hybridized carbons (Fsp3) is 0.267. The van der Waals surface area contributed by atoms with E-state index in [-0.39, 0.29) is 36.5 Å². The number of ketones is 1. The summed E-state index contributed by atoms with van der Waals surface area (Å²) in [6.07, 6.45) is 1.36. The first-order valence-corrected chi connectivity index (χ1v) is 6.42. The van der Waals surface area contributed by atoms with Gasteiger partial charge in [-0.2, -0.15) is 5.26 Å². The lowest BCUT2D eigenvalue weighted by Gasteiger charge is -2.05. The molecule has 0 aliphatic rings. The van der Waals surface area contributed by atoms with Gasteiger partial charge in [0.05, 0.1) is 23.8 Å². The molecule has 0 radical (unpaired) electrons. The third-order valence-corrected chi connectivity index (χ3v) is 2.71. The normalized spacial score (nSPS) is 10.6. The second-order valence-corrected chi connectivity index (χ2v) is 4.38. The van der Waals surface area contributed by atoms with Gasteiger partial charge >= 0.3 is 5.97 Å². The third kappa shape index (κ3) is 5.54. The lowest BCUT2D eigenvalue weighted by molar-refractivity contribution is -0.384. The first-order valence-electron chi connectivity index (χ1n) is 6.42. The lowest BCUT2D eigenvalue weighted by atomic mass is 10.0. The van der Waals surface area contributed by atoms with Crippen molar-refractivity contribution in [3.05, 3.63) is 45.5 Å². The van der Waals surface area contributed by atoms with Crippen LogP contribution in [0.2, 0.25) is 0 Å². The molecule has 0 amide bonds. The molecule has 0 atom stereocenters. The molecular weight excluding hydrogens is 288 g/mol. The van der Waals surface area contributed by atoms with Crippen LogP contribution >= 0.6 is 0 Å². The number of hydrogen-bond donors (Lipinski definition) is 0. The van der Waals surface area contributed by atoms with Gasteiger partial charge < -0.3 is 4.74 Å². The highest BCUT2D eigenvalue weighted by Crippen LogP contribution is 2.16. The first kappa shape index (κ1) is 17.0. The Bertz CT molecular complexity index is 641. The monoisotopic (exact) mass is 302 g/mol. The average molecular weight is 302 g/mol. The summed E-state index contributed by atoms with van der Waals surface area (Å²) in [5.74, 6) is -0.894. The van der Waals surface area contributed by atoms with Crippen LogP contribution in [0.15, 0.2) is 29.8 Å². The van der Waals surface area contributed by atoms with Crippen LogP contribution in [0.5, 0.6) is 0 Å². The minimum Gasteiger partial charge on any atom is -0.464 e. The molecule has 1 aromatic carbocycles. The Morgan fingerprint density at radius 1 is 1.36 bits per heavy atom. The molecule has 1 aromatic rings. The number of nitrogens with zero attached hydrogens (tertiary/aromatic N) is 2. The van der Waals surface area contributed by atoms with E-state index in [1.165, 1.54) is 37.3 Å². The predicted molar refractivity (Wildman–Crippen MR) is 77.6 cm³/mol. The summed E-state index contributed by atoms with van der Waals surface area (Å²) in [5.41, 5.74) is 0.744. The maximum absolute atomic E-state index is 11.6. The average Bonchev–Trinajstić information content (AvgIpc) is 2.47. The second-order valence-electron chi connectivity index (χ2n) is 4.38. The summed E-state index contributed by atoms with van der Waals surface area (Å²) >= 11 is 0. The molecule has 1 rings (SSSR count). The number of benzene rings is 1. The number of nitro benzene ring substituents is 1. The summed E-state index contributed by atoms with van der Waals surface area (Å²) < 4.78 is 4.81. The van der Waals surface area contributed by atoms with Gasteiger partial charge in [-0.1, -0.05) is 0 Å². The van der Waals surface area contributed by atoms with E-state index in [1.807, 2.05) is 6.07 Å². The highest BCUT2D eigenvalue weighted by molar-refractivity contribution is 6.01. The largest absolute Gasteiger partial charge is 0.464 e. The smallest absolute Gasteiger partial charge is 0.310 e. The van der Waals surface area contributed by atoms with Crippen LogP contribution in [0.4, 0.5) is 5.69 Å². The molecule has 0 unspecified atom stereocenters. The van der Waals surface area contributed by atoms with Crippen molar-refractivity contribution in [1.29, 1.82) is 5.26 Å². The lowest BCUT2D eigenvalue weighted by Crippen LogP contribution is -2.10. The zero-order chi connectivity index (χ0) is 16.5. The number of ether oxygens (including phenoxy) is 1. The molecule has 22 heavy (non-hydrogen) atoms. The standard InChI is InChI=1S/C15H14N2O5/c1-11(18)13(10-15(19)22-8-2-7-16)9-12-3-5-14(6-4-12)17(20)21/h3-6,9H,2,8,10H2,1H3/b13-9-. The number of Topliss-reactive ketones (excluding diaryl/α,β-unsaturated/α-hetero) is 1. The van der Waals surface area contributed by atoms with Crippen molar-refractivity contribution in [3.8, 4) is 6.07 Å². The van der Waals surface area contributed by atoms with Gasteiger partial charge in [-0.15, -0.1) is 0 Å². The molecule has 0 saturated heterocycles. The maximum atomic E-state index is 11.6. The molecule has 0 heterocycles. The molecule has 7 heteroatoms. The summed E-state index contributed by atoms with van der Waals surface area (Å²) in [5, 5.41) is 18.9. The van der Waals surface area contributed by atoms with Gasteiger partial charge in [0.1, 0.15) is 6.61 Å². The van der Waals surface area contributed by atoms with Gasteiger partial charge in [-0.05, 0) is 30.7 Å². The zero-order valence-electron chi connectivity index (χ0n) is 11.9. The minimum absolute atomic E-state index is 0.0158. The van der Waals surface area contributed by atoms with Gasteiger partial charge in [0.25, 0.3) is 5.69 Å². The summed E-state index contributed by atoms with van der Waals surface area (Å²) in [7, 11) is 0. The Morgan fingerprint density at radius 2 is 2.00 bits per heavy atom. The van der Waals surface area contributed by atoms with E-state index in [0.29, 0.717) is 5.56 Å². The number of carbonyl (C=O) groups excluding carboxylic acids is 2. The molecular formula is C15H14N2O5. The Kier molecular flexibility index (Phi) is 6.44. The number of non-ortho nitro benzene ring substituents is 1. The van der Waals surface area contributed by atoms with Crippen molar-refractivity contribution in [2.75, 3.05) is 6.61 Å². The van der Waals surface area contributed by atoms with Crippen LogP contribution < -0.4 is 0 Å². The van der Waals surface area contributed by atoms with Crippen LogP contribution in [0.3, 0.4) is 0 Å². The Balaban J connectivity index is 2.82. The quantitative estimate of drug-likeness (QED) is 0.251. The number of carbonyl (C=O) groups is 2. The molecule has 0 saturated carbocycles. The van der Waals surface area contributed by atoms with E-state index < -0.39 is 10.9 Å². The topological polar surface area (TPSA) is 110 Å². The van der Waals surface area contributed by atoms with E-state index in [9.17, 15) is 19.7 Å². The van der Waals surface area contributed by atoms with Gasteiger partial charge in [0, 0.05) is 17.7 Å². The van der Waals surface area contributed by atoms with E-state index in [1.54, 1.807) is 0 Å². The van der Waals surface area contributed by atoms with Gasteiger partial charge in [-0.25, -0.2) is 0 Å². The maximum Gasteiger partial charge on any atom is 0.310 e. The highest BCUT2D eigenvalue weighted by atomic mass is 16.6. The van der Waals surface area contributed by atoms with Gasteiger partial charge in [0.15, 0.2) is 5.78 Å². The van der Waals surface area contributed by atoms with Crippen LogP contribution in [0, 0.1) is 21.4 Å². The van der Waals surface area contributed by atoms with Gasteiger partial charge in [0.2, 0.25) is 0 Å². The van der Waals surface area contributed by atoms with Crippen LogP contribution in [0.1, 0.15) is 25.3 Å². The Labute approximate surface area is 127 Å². The Hall–Kier alpha value is -3.01. The molecule has 114 valence electrons. The molecule has 0 N–H and O–H groups in total. The molecule has 0 fully saturated rings. The van der Waals surface area contributed by atoms with E-state index in [0.717, 1.165) is 0 Å². The number of nitriles is 1. The van der Waals surface area contributed by atoms with Crippen molar-refractivity contribution in [2.24, 2.45) is 0 Å². The number of rotatable bonds is 7. The minimum atomic E-state index is -0.599. The SMILES string of the molecule is CC(=O)/C(=C\c1ccc([N+](=O)[O-])cc1)CC(=O)OCCC#N. The first-order chi connectivity index (χ1) is 10.4. The number of nitro groups is 1. The zero-order valence-corrected chi connectivity index (χ0v) is 11.9. The van der Waals surface area contributed by atoms with E-state index in [2.05, 4.69) is 0 Å². The van der Waals surface area contributed by atoms with Crippen molar-refractivity contribution in [1.82, 2.24) is 0 Å². The third-order valence-electron chi connectivity index (χ3n) is 2.71. The van der Waals surface area contributed by atoms with E-state index >= 15 is 0 Å². The Morgan fingerprint density at radius 3 is 2.50 bits per heavy atom. The fourth-order valence-corrected chi connectivity index (χ4v) is 1.59. The number of esters is 1. The fourth-order valence-electron chi connectivity index (χ4n) is 1.59. The van der Waals surface area contributed by atoms with Crippen LogP contribution in [-0.4, -0.2) is 23.3 Å². The van der Waals surface area contributed by atoms with Gasteiger partial charge in [-0.3, -0.25) is 19.7 Å². The summed E-state index contributed by atoms with van der Waals surface area (Å²) in [6, 6.07) is 7.44. The van der Waals surface area contributed by atoms with Crippen molar-refractivity contribution >= 4 is 23.5 Å². The summed E-state index contributed by atoms with van der Waals surface area (Å²) in [4.78, 5) is 33.1. The summed E-state index contributed by atoms with van der Waals surface area (Å²) in [6.45, 7) is 1.30. The van der Waals surface area contributed by atoms with Crippen molar-refractivity contribution in [3.63, 3.8) is 0 Å². The van der Waals surface area contributed by atoms with Crippen molar-refractivity contribution in [2.45, 2.75) is 19.8 Å². The highest BCUT2D eigenvalue weighted by Gasteiger charge is 2.12. The molecule has 0 bridgehead atoms. The number of hydrogen-bond acceptors (Lipinski definition) is 6. The van der Waals surface area contributed by atoms with E-state index in [4.69, 9.17) is 10.00 Å². The molecule has 7 nitrogen and oxygen atoms in total. The predicted octanol–water partition coefficient (Wildman–Crippen LogP) is 2.41. The molecule has 0 spiro atoms. The second kappa shape index (κ2) is 8.32. The molecule has 0 aliphatic carbocycles. The van der Waals surface area contributed by atoms with Crippen LogP contribution in [-0.2, 0) is 14.3 Å². The molecule has 0 aliphatic heterocycles.